The van der Waals surface area contributed by atoms with Crippen LogP contribution in [0.5, 0.6) is 5.75 Å². The van der Waals surface area contributed by atoms with Crippen molar-refractivity contribution in [2.45, 2.75) is 87.9 Å². The van der Waals surface area contributed by atoms with Gasteiger partial charge in [0.2, 0.25) is 15.9 Å². The predicted molar refractivity (Wildman–Crippen MR) is 196 cm³/mol. The van der Waals surface area contributed by atoms with Crippen LogP contribution in [0.15, 0.2) is 55.0 Å². The van der Waals surface area contributed by atoms with E-state index in [9.17, 15) is 23.1 Å². The number of amides is 2. The molecule has 2 amide bonds. The number of carbonyl (C=O) groups excluding carboxylic acids is 2. The molecule has 3 N–H and O–H groups in total. The number of aromatic nitrogens is 2. The minimum Gasteiger partial charge on any atom is -0.490 e. The van der Waals surface area contributed by atoms with Crippen LogP contribution in [0.3, 0.4) is 0 Å². The van der Waals surface area contributed by atoms with Crippen molar-refractivity contribution in [3.63, 3.8) is 0 Å². The number of halogens is 1. The Balaban J connectivity index is 1.27. The van der Waals surface area contributed by atoms with Gasteiger partial charge in [0.25, 0.3) is 5.91 Å². The van der Waals surface area contributed by atoms with Gasteiger partial charge in [0.1, 0.15) is 17.9 Å². The first-order valence-electron chi connectivity index (χ1n) is 18.0. The third-order valence-electron chi connectivity index (χ3n) is 12.0. The first-order valence-corrected chi connectivity index (χ1v) is 19.9. The van der Waals surface area contributed by atoms with Gasteiger partial charge in [-0.1, -0.05) is 31.0 Å². The predicted octanol–water partition coefficient (Wildman–Crippen LogP) is 5.66. The SMILES string of the molecule is C[C@@H]1[C@@H](C)CCC[C@](O)(CC(=O)Nc2ccncn2)[C@@H]2CC[C@H]2CN2C[C@@]3(CCCc4cc(Cl)ccc43)COc3ccc(cc32)C(=O)NS1(=O)=O. The fourth-order valence-electron chi connectivity index (χ4n) is 8.82. The molecule has 51 heavy (non-hydrogen) atoms. The highest BCUT2D eigenvalue weighted by molar-refractivity contribution is 7.90. The summed E-state index contributed by atoms with van der Waals surface area (Å²) in [5.74, 6) is -0.455. The van der Waals surface area contributed by atoms with Crippen LogP contribution in [-0.4, -0.2) is 65.9 Å². The number of anilines is 2. The van der Waals surface area contributed by atoms with Crippen molar-refractivity contribution in [2.75, 3.05) is 29.9 Å². The zero-order valence-electron chi connectivity index (χ0n) is 29.1. The second-order valence-electron chi connectivity index (χ2n) is 15.2. The summed E-state index contributed by atoms with van der Waals surface area (Å²) in [5, 5.41) is 15.2. The molecule has 13 heteroatoms. The zero-order valence-corrected chi connectivity index (χ0v) is 30.7. The number of nitrogens with zero attached hydrogens (tertiary/aromatic N) is 3. The van der Waals surface area contributed by atoms with Crippen molar-refractivity contribution >= 4 is 44.9 Å². The maximum atomic E-state index is 13.5. The largest absolute Gasteiger partial charge is 0.490 e. The lowest BCUT2D eigenvalue weighted by Crippen LogP contribution is -2.54. The number of aryl methyl sites for hydroxylation is 1. The van der Waals surface area contributed by atoms with E-state index in [2.05, 4.69) is 31.0 Å². The van der Waals surface area contributed by atoms with Gasteiger partial charge in [0.05, 0.1) is 29.6 Å². The topological polar surface area (TPSA) is 151 Å². The summed E-state index contributed by atoms with van der Waals surface area (Å²) < 4.78 is 35.9. The second kappa shape index (κ2) is 14.0. The van der Waals surface area contributed by atoms with Crippen LogP contribution in [0.1, 0.15) is 86.7 Å². The highest BCUT2D eigenvalue weighted by atomic mass is 35.5. The molecule has 11 nitrogen and oxygen atoms in total. The van der Waals surface area contributed by atoms with E-state index in [1.807, 2.05) is 19.1 Å². The van der Waals surface area contributed by atoms with Crippen molar-refractivity contribution in [3.8, 4) is 5.75 Å². The minimum absolute atomic E-state index is 0.0558. The van der Waals surface area contributed by atoms with Crippen LogP contribution >= 0.6 is 11.6 Å². The average molecular weight is 736 g/mol. The molecule has 1 aromatic heterocycles. The number of benzene rings is 2. The van der Waals surface area contributed by atoms with Gasteiger partial charge in [-0.15, -0.1) is 0 Å². The normalized spacial score (nSPS) is 30.4. The van der Waals surface area contributed by atoms with Gasteiger partial charge < -0.3 is 20.1 Å². The standard InChI is InChI=1S/C38H46ClN5O6S/c1-24-5-3-15-38(47,19-35(45)42-34-13-16-40-23-41-34)31-10-7-28(31)20-44-21-37(14-4-6-26-17-29(39)9-11-30(26)37)22-50-33-12-8-27(18-32(33)44)36(46)43-51(48,49)25(24)2/h8-9,11-13,16-18,23-25,28,31,47H,3-7,10,14-15,19-22H2,1-2H3,(H,43,46)(H,40,41,42,45)/t24-,25+,28-,31+,37-,38-/m0/s1. The molecule has 0 radical (unpaired) electrons. The van der Waals surface area contributed by atoms with Crippen molar-refractivity contribution in [1.29, 1.82) is 0 Å². The number of ether oxygens (including phenoxy) is 1. The Labute approximate surface area is 304 Å². The first-order chi connectivity index (χ1) is 24.4. The highest BCUT2D eigenvalue weighted by Gasteiger charge is 2.49. The molecule has 272 valence electrons. The lowest BCUT2D eigenvalue weighted by Gasteiger charge is -2.50. The Bertz CT molecular complexity index is 1910. The van der Waals surface area contributed by atoms with Gasteiger partial charge in [-0.05, 0) is 117 Å². The summed E-state index contributed by atoms with van der Waals surface area (Å²) in [4.78, 5) is 37.3. The van der Waals surface area contributed by atoms with Crippen molar-refractivity contribution in [2.24, 2.45) is 17.8 Å². The summed E-state index contributed by atoms with van der Waals surface area (Å²) in [6.07, 6.45) is 8.56. The molecule has 1 spiro atoms. The van der Waals surface area contributed by atoms with Gasteiger partial charge >= 0.3 is 0 Å². The monoisotopic (exact) mass is 735 g/mol. The lowest BCUT2D eigenvalue weighted by atomic mass is 9.61. The van der Waals surface area contributed by atoms with Gasteiger partial charge in [-0.25, -0.2) is 23.1 Å². The number of hydrogen-bond acceptors (Lipinski definition) is 9. The van der Waals surface area contributed by atoms with Crippen LogP contribution < -0.4 is 19.7 Å². The van der Waals surface area contributed by atoms with Crippen LogP contribution in [0, 0.1) is 17.8 Å². The molecule has 1 fully saturated rings. The Morgan fingerprint density at radius 2 is 1.96 bits per heavy atom. The number of sulfonamides is 1. The number of carbonyl (C=O) groups is 2. The van der Waals surface area contributed by atoms with E-state index in [0.717, 1.165) is 32.1 Å². The summed E-state index contributed by atoms with van der Waals surface area (Å²) in [7, 11) is -4.02. The number of hydrogen-bond donors (Lipinski definition) is 3. The quantitative estimate of drug-likeness (QED) is 0.310. The van der Waals surface area contributed by atoms with Crippen molar-refractivity contribution < 1.29 is 27.9 Å². The molecule has 2 bridgehead atoms. The van der Waals surface area contributed by atoms with E-state index < -0.39 is 26.8 Å². The maximum absolute atomic E-state index is 13.5. The number of nitrogens with one attached hydrogen (secondary N) is 2. The zero-order chi connectivity index (χ0) is 36.0. The van der Waals surface area contributed by atoms with E-state index in [1.165, 1.54) is 17.5 Å². The molecule has 3 aromatic rings. The van der Waals surface area contributed by atoms with Crippen LogP contribution in [-0.2, 0) is 26.7 Å². The number of rotatable bonds is 3. The Hall–Kier alpha value is -3.74. The smallest absolute Gasteiger partial charge is 0.264 e. The molecule has 1 saturated carbocycles. The molecule has 7 rings (SSSR count). The molecule has 3 heterocycles. The van der Waals surface area contributed by atoms with Crippen molar-refractivity contribution in [1.82, 2.24) is 14.7 Å². The van der Waals surface area contributed by atoms with E-state index in [1.54, 1.807) is 37.4 Å². The average Bonchev–Trinajstić information content (AvgIpc) is 3.22. The molecule has 0 unspecified atom stereocenters. The Kier molecular flexibility index (Phi) is 9.79. The van der Waals surface area contributed by atoms with Crippen LogP contribution in [0.4, 0.5) is 11.5 Å². The van der Waals surface area contributed by atoms with Gasteiger partial charge in [-0.3, -0.25) is 9.59 Å². The fraction of sp³-hybridized carbons (Fsp3) is 0.526. The molecular formula is C38H46ClN5O6S. The molecule has 6 atom stereocenters. The number of aliphatic hydroxyl groups is 1. The summed E-state index contributed by atoms with van der Waals surface area (Å²) in [6.45, 7) is 5.05. The molecule has 0 saturated heterocycles. The Morgan fingerprint density at radius 1 is 1.12 bits per heavy atom. The Morgan fingerprint density at radius 3 is 2.73 bits per heavy atom. The van der Waals surface area contributed by atoms with E-state index in [0.29, 0.717) is 61.2 Å². The van der Waals surface area contributed by atoms with Crippen LogP contribution in [0.25, 0.3) is 0 Å². The van der Waals surface area contributed by atoms with Gasteiger partial charge in [-0.2, -0.15) is 0 Å². The molecule has 2 aliphatic carbocycles. The molecule has 2 aromatic carbocycles. The third kappa shape index (κ3) is 7.19. The summed E-state index contributed by atoms with van der Waals surface area (Å²) >= 11 is 6.44. The lowest BCUT2D eigenvalue weighted by molar-refractivity contribution is -0.132. The van der Waals surface area contributed by atoms with Gasteiger partial charge in [0, 0.05) is 35.3 Å². The first kappa shape index (κ1) is 35.7. The minimum atomic E-state index is -4.02. The molecule has 2 aliphatic heterocycles. The third-order valence-corrected chi connectivity index (χ3v) is 14.1. The van der Waals surface area contributed by atoms with Crippen LogP contribution in [0.2, 0.25) is 5.02 Å². The molecule has 4 aliphatic rings. The van der Waals surface area contributed by atoms with Crippen molar-refractivity contribution in [3.05, 3.63) is 76.7 Å². The second-order valence-corrected chi connectivity index (χ2v) is 17.7. The van der Waals surface area contributed by atoms with E-state index in [-0.39, 0.29) is 41.1 Å². The van der Waals surface area contributed by atoms with E-state index in [4.69, 9.17) is 16.3 Å². The summed E-state index contributed by atoms with van der Waals surface area (Å²) in [5.41, 5.74) is 1.66. The maximum Gasteiger partial charge on any atom is 0.264 e. The number of fused-ring (bicyclic) bond motifs is 4. The molecular weight excluding hydrogens is 690 g/mol. The fourth-order valence-corrected chi connectivity index (χ4v) is 10.3. The van der Waals surface area contributed by atoms with Gasteiger partial charge in [0.15, 0.2) is 0 Å². The highest BCUT2D eigenvalue weighted by Crippen LogP contribution is 2.49. The summed E-state index contributed by atoms with van der Waals surface area (Å²) in [6, 6.07) is 12.8. The van der Waals surface area contributed by atoms with E-state index >= 15 is 0 Å².